The number of anilines is 2. The predicted octanol–water partition coefficient (Wildman–Crippen LogP) is 3.69. The second-order valence-electron chi connectivity index (χ2n) is 4.70. The zero-order valence-corrected chi connectivity index (χ0v) is 12.7. The van der Waals surface area contributed by atoms with Crippen LogP contribution in [0.2, 0.25) is 0 Å². The van der Waals surface area contributed by atoms with Crippen LogP contribution in [0.4, 0.5) is 11.4 Å². The molecule has 3 N–H and O–H groups in total. The lowest BCUT2D eigenvalue weighted by atomic mass is 10.1. The molecule has 0 spiro atoms. The van der Waals surface area contributed by atoms with Crippen LogP contribution >= 0.6 is 12.2 Å². The molecule has 104 valence electrons. The lowest BCUT2D eigenvalue weighted by Gasteiger charge is -2.14. The van der Waals surface area contributed by atoms with Crippen LogP contribution in [0.3, 0.4) is 0 Å². The minimum absolute atomic E-state index is 0.360. The summed E-state index contributed by atoms with van der Waals surface area (Å²) in [6.07, 6.45) is 0. The van der Waals surface area contributed by atoms with Crippen molar-refractivity contribution in [3.05, 3.63) is 53.1 Å². The van der Waals surface area contributed by atoms with Gasteiger partial charge in [-0.05, 0) is 49.2 Å². The number of aryl methyl sites for hydroxylation is 2. The van der Waals surface area contributed by atoms with Crippen molar-refractivity contribution in [2.75, 3.05) is 12.4 Å². The lowest BCUT2D eigenvalue weighted by Crippen LogP contribution is -2.12. The topological polar surface area (TPSA) is 47.3 Å². The van der Waals surface area contributed by atoms with E-state index in [2.05, 4.69) is 31.3 Å². The van der Waals surface area contributed by atoms with Crippen molar-refractivity contribution in [3.8, 4) is 5.75 Å². The van der Waals surface area contributed by atoms with E-state index in [1.807, 2.05) is 24.3 Å². The Labute approximate surface area is 124 Å². The summed E-state index contributed by atoms with van der Waals surface area (Å²) in [5, 5.41) is 3.35. The van der Waals surface area contributed by atoms with E-state index in [1.54, 1.807) is 7.11 Å². The third kappa shape index (κ3) is 3.08. The molecule has 0 heterocycles. The van der Waals surface area contributed by atoms with Crippen LogP contribution in [-0.2, 0) is 0 Å². The molecule has 20 heavy (non-hydrogen) atoms. The largest absolute Gasteiger partial charge is 0.497 e. The number of rotatable bonds is 4. The molecule has 0 radical (unpaired) electrons. The van der Waals surface area contributed by atoms with Gasteiger partial charge < -0.3 is 15.8 Å². The third-order valence-electron chi connectivity index (χ3n) is 3.28. The zero-order valence-electron chi connectivity index (χ0n) is 11.9. The third-order valence-corrected chi connectivity index (χ3v) is 3.50. The summed E-state index contributed by atoms with van der Waals surface area (Å²) in [6, 6.07) is 11.8. The second-order valence-corrected chi connectivity index (χ2v) is 5.14. The number of thiocarbonyl (C=S) groups is 1. The van der Waals surface area contributed by atoms with Gasteiger partial charge in [0.15, 0.2) is 0 Å². The summed E-state index contributed by atoms with van der Waals surface area (Å²) < 4.78 is 5.25. The first-order valence-corrected chi connectivity index (χ1v) is 6.74. The van der Waals surface area contributed by atoms with E-state index in [-0.39, 0.29) is 0 Å². The van der Waals surface area contributed by atoms with E-state index in [9.17, 15) is 0 Å². The van der Waals surface area contributed by atoms with Crippen LogP contribution in [0.25, 0.3) is 0 Å². The number of hydrogen-bond donors (Lipinski definition) is 2. The molecule has 3 nitrogen and oxygen atoms in total. The Morgan fingerprint density at radius 1 is 1.10 bits per heavy atom. The molecule has 0 bridgehead atoms. The second kappa shape index (κ2) is 5.92. The molecular weight excluding hydrogens is 268 g/mol. The van der Waals surface area contributed by atoms with Crippen LogP contribution in [0.15, 0.2) is 36.4 Å². The molecule has 0 aliphatic heterocycles. The average Bonchev–Trinajstić information content (AvgIpc) is 2.42. The van der Waals surface area contributed by atoms with Gasteiger partial charge in [-0.1, -0.05) is 18.3 Å². The molecule has 4 heteroatoms. The monoisotopic (exact) mass is 286 g/mol. The highest BCUT2D eigenvalue weighted by atomic mass is 32.1. The normalized spacial score (nSPS) is 10.2. The molecule has 0 aromatic heterocycles. The van der Waals surface area contributed by atoms with Crippen LogP contribution < -0.4 is 15.8 Å². The SMILES string of the molecule is COc1ccc(C(N)=S)c(Nc2ccc(C)c(C)c2)c1. The van der Waals surface area contributed by atoms with Crippen LogP contribution in [0, 0.1) is 13.8 Å². The van der Waals surface area contributed by atoms with Gasteiger partial charge in [-0.2, -0.15) is 0 Å². The summed E-state index contributed by atoms with van der Waals surface area (Å²) in [6.45, 7) is 4.17. The van der Waals surface area contributed by atoms with Crippen molar-refractivity contribution >= 4 is 28.6 Å². The predicted molar refractivity (Wildman–Crippen MR) is 88.1 cm³/mol. The van der Waals surface area contributed by atoms with Crippen LogP contribution in [0.5, 0.6) is 5.75 Å². The Kier molecular flexibility index (Phi) is 4.25. The number of nitrogens with two attached hydrogens (primary N) is 1. The molecule has 0 atom stereocenters. The van der Waals surface area contributed by atoms with Crippen molar-refractivity contribution in [1.82, 2.24) is 0 Å². The Balaban J connectivity index is 2.40. The fourth-order valence-corrected chi connectivity index (χ4v) is 2.12. The minimum atomic E-state index is 0.360. The highest BCUT2D eigenvalue weighted by molar-refractivity contribution is 7.80. The maximum absolute atomic E-state index is 5.76. The number of benzene rings is 2. The smallest absolute Gasteiger partial charge is 0.120 e. The maximum Gasteiger partial charge on any atom is 0.120 e. The van der Waals surface area contributed by atoms with Gasteiger partial charge in [0.2, 0.25) is 0 Å². The molecule has 0 fully saturated rings. The molecule has 0 aliphatic carbocycles. The molecule has 2 rings (SSSR count). The first-order chi connectivity index (χ1) is 9.51. The molecule has 0 saturated heterocycles. The Bertz CT molecular complexity index is 653. The van der Waals surface area contributed by atoms with E-state index in [0.717, 1.165) is 22.7 Å². The van der Waals surface area contributed by atoms with Crippen molar-refractivity contribution in [2.24, 2.45) is 5.73 Å². The van der Waals surface area contributed by atoms with Crippen molar-refractivity contribution in [2.45, 2.75) is 13.8 Å². The van der Waals surface area contributed by atoms with Crippen molar-refractivity contribution in [3.63, 3.8) is 0 Å². The van der Waals surface area contributed by atoms with Gasteiger partial charge in [-0.25, -0.2) is 0 Å². The van der Waals surface area contributed by atoms with Gasteiger partial charge >= 0.3 is 0 Å². The zero-order chi connectivity index (χ0) is 14.7. The van der Waals surface area contributed by atoms with Gasteiger partial charge in [-0.15, -0.1) is 0 Å². The first kappa shape index (κ1) is 14.3. The summed E-state index contributed by atoms with van der Waals surface area (Å²) >= 11 is 5.09. The Morgan fingerprint density at radius 3 is 2.45 bits per heavy atom. The van der Waals surface area contributed by atoms with Crippen LogP contribution in [-0.4, -0.2) is 12.1 Å². The van der Waals surface area contributed by atoms with Gasteiger partial charge in [0.25, 0.3) is 0 Å². The van der Waals surface area contributed by atoms with Gasteiger partial charge in [-0.3, -0.25) is 0 Å². The lowest BCUT2D eigenvalue weighted by molar-refractivity contribution is 0.415. The Hall–Kier alpha value is -2.07. The highest BCUT2D eigenvalue weighted by Crippen LogP contribution is 2.26. The minimum Gasteiger partial charge on any atom is -0.497 e. The number of nitrogens with one attached hydrogen (secondary N) is 1. The van der Waals surface area contributed by atoms with E-state index in [1.165, 1.54) is 11.1 Å². The number of ether oxygens (including phenoxy) is 1. The van der Waals surface area contributed by atoms with E-state index in [4.69, 9.17) is 22.7 Å². The van der Waals surface area contributed by atoms with E-state index >= 15 is 0 Å². The van der Waals surface area contributed by atoms with Crippen molar-refractivity contribution in [1.29, 1.82) is 0 Å². The molecule has 0 unspecified atom stereocenters. The molecule has 0 saturated carbocycles. The molecule has 2 aromatic rings. The summed E-state index contributed by atoms with van der Waals surface area (Å²) in [5.41, 5.74) is 10.9. The highest BCUT2D eigenvalue weighted by Gasteiger charge is 2.08. The average molecular weight is 286 g/mol. The Morgan fingerprint density at radius 2 is 1.85 bits per heavy atom. The van der Waals surface area contributed by atoms with Gasteiger partial charge in [0.05, 0.1) is 12.8 Å². The fourth-order valence-electron chi connectivity index (χ4n) is 1.94. The summed E-state index contributed by atoms with van der Waals surface area (Å²) in [4.78, 5) is 0.360. The van der Waals surface area contributed by atoms with Gasteiger partial charge in [0, 0.05) is 17.3 Å². The molecular formula is C16H18N2OS. The van der Waals surface area contributed by atoms with E-state index in [0.29, 0.717) is 4.99 Å². The quantitative estimate of drug-likeness (QED) is 0.842. The summed E-state index contributed by atoms with van der Waals surface area (Å²) in [7, 11) is 1.63. The number of hydrogen-bond acceptors (Lipinski definition) is 3. The van der Waals surface area contributed by atoms with Gasteiger partial charge in [0.1, 0.15) is 10.7 Å². The standard InChI is InChI=1S/C16H18N2OS/c1-10-4-5-12(8-11(10)2)18-15-9-13(19-3)6-7-14(15)16(17)20/h4-9,18H,1-3H3,(H2,17,20). The maximum atomic E-state index is 5.76. The van der Waals surface area contributed by atoms with Crippen LogP contribution in [0.1, 0.15) is 16.7 Å². The van der Waals surface area contributed by atoms with E-state index < -0.39 is 0 Å². The molecule has 0 amide bonds. The molecule has 0 aliphatic rings. The summed E-state index contributed by atoms with van der Waals surface area (Å²) in [5.74, 6) is 0.760. The first-order valence-electron chi connectivity index (χ1n) is 6.33. The number of methoxy groups -OCH3 is 1. The molecule has 2 aromatic carbocycles. The fraction of sp³-hybridized carbons (Fsp3) is 0.188. The van der Waals surface area contributed by atoms with Crippen molar-refractivity contribution < 1.29 is 4.74 Å².